The van der Waals surface area contributed by atoms with Crippen LogP contribution in [-0.4, -0.2) is 53.4 Å². The van der Waals surface area contributed by atoms with Crippen LogP contribution in [0.3, 0.4) is 0 Å². The van der Waals surface area contributed by atoms with Crippen molar-refractivity contribution < 1.29 is 32.6 Å². The molecular formula is C13H16F3NO4. The molecule has 118 valence electrons. The molecule has 0 radical (unpaired) electrons. The molecule has 3 fully saturated rings. The molecule has 5 nitrogen and oxygen atoms in total. The molecule has 0 aromatic carbocycles. The van der Waals surface area contributed by atoms with Crippen LogP contribution < -0.4 is 0 Å². The molecule has 0 aromatic rings. The molecule has 3 aliphatic heterocycles. The van der Waals surface area contributed by atoms with Crippen LogP contribution in [0.5, 0.6) is 0 Å². The third-order valence-corrected chi connectivity index (χ3v) is 4.79. The maximum absolute atomic E-state index is 12.9. The highest BCUT2D eigenvalue weighted by Crippen LogP contribution is 2.42. The number of alkyl halides is 3. The molecule has 0 saturated carbocycles. The third-order valence-electron chi connectivity index (χ3n) is 4.79. The molecule has 3 saturated heterocycles. The lowest BCUT2D eigenvalue weighted by Gasteiger charge is -2.24. The van der Waals surface area contributed by atoms with E-state index in [2.05, 4.69) is 0 Å². The van der Waals surface area contributed by atoms with E-state index in [1.165, 1.54) is 0 Å². The summed E-state index contributed by atoms with van der Waals surface area (Å²) < 4.78 is 44.3. The van der Waals surface area contributed by atoms with Gasteiger partial charge < -0.3 is 14.7 Å². The molecule has 1 amide bonds. The van der Waals surface area contributed by atoms with Crippen molar-refractivity contribution in [1.82, 2.24) is 4.90 Å². The number of aliphatic carboxylic acids is 1. The summed E-state index contributed by atoms with van der Waals surface area (Å²) in [5.74, 6) is -5.87. The Balaban J connectivity index is 1.72. The van der Waals surface area contributed by atoms with E-state index in [1.54, 1.807) is 0 Å². The van der Waals surface area contributed by atoms with Crippen LogP contribution >= 0.6 is 0 Å². The van der Waals surface area contributed by atoms with Crippen molar-refractivity contribution in [3.8, 4) is 0 Å². The molecule has 5 atom stereocenters. The number of halogens is 3. The lowest BCUT2D eigenvalue weighted by Crippen LogP contribution is -2.39. The van der Waals surface area contributed by atoms with Crippen molar-refractivity contribution in [3.05, 3.63) is 0 Å². The molecule has 1 N–H and O–H groups in total. The van der Waals surface area contributed by atoms with Gasteiger partial charge in [0.15, 0.2) is 0 Å². The number of rotatable bonds is 2. The highest BCUT2D eigenvalue weighted by Gasteiger charge is 2.55. The number of nitrogens with zero attached hydrogens (tertiary/aromatic N) is 1. The highest BCUT2D eigenvalue weighted by atomic mass is 19.4. The fourth-order valence-corrected chi connectivity index (χ4v) is 3.70. The summed E-state index contributed by atoms with van der Waals surface area (Å²) in [5, 5.41) is 8.95. The average molecular weight is 307 g/mol. The van der Waals surface area contributed by atoms with Crippen molar-refractivity contribution in [2.75, 3.05) is 13.1 Å². The first kappa shape index (κ1) is 14.6. The van der Waals surface area contributed by atoms with Gasteiger partial charge in [-0.3, -0.25) is 9.59 Å². The fourth-order valence-electron chi connectivity index (χ4n) is 3.70. The van der Waals surface area contributed by atoms with Gasteiger partial charge in [-0.15, -0.1) is 0 Å². The molecule has 21 heavy (non-hydrogen) atoms. The summed E-state index contributed by atoms with van der Waals surface area (Å²) in [4.78, 5) is 24.4. The van der Waals surface area contributed by atoms with Gasteiger partial charge in [0.25, 0.3) is 0 Å². The Labute approximate surface area is 119 Å². The first-order valence-corrected chi connectivity index (χ1v) is 7.01. The normalized spacial score (nSPS) is 39.0. The Hall–Kier alpha value is -1.31. The van der Waals surface area contributed by atoms with Crippen molar-refractivity contribution in [1.29, 1.82) is 0 Å². The second kappa shape index (κ2) is 4.86. The van der Waals surface area contributed by atoms with E-state index in [-0.39, 0.29) is 24.7 Å². The largest absolute Gasteiger partial charge is 0.481 e. The van der Waals surface area contributed by atoms with Gasteiger partial charge in [-0.1, -0.05) is 0 Å². The van der Waals surface area contributed by atoms with Gasteiger partial charge in [0.1, 0.15) is 0 Å². The van der Waals surface area contributed by atoms with Crippen molar-refractivity contribution in [2.24, 2.45) is 17.8 Å². The molecule has 0 aliphatic carbocycles. The highest BCUT2D eigenvalue weighted by molar-refractivity contribution is 5.82. The Bertz CT molecular complexity index is 467. The molecule has 8 heteroatoms. The van der Waals surface area contributed by atoms with E-state index >= 15 is 0 Å². The first-order valence-electron chi connectivity index (χ1n) is 7.01. The number of carboxylic acid groups (broad SMARTS) is 1. The average Bonchev–Trinajstić information content (AvgIpc) is 3.10. The Morgan fingerprint density at radius 3 is 2.29 bits per heavy atom. The zero-order valence-electron chi connectivity index (χ0n) is 11.2. The molecule has 0 aromatic heterocycles. The van der Waals surface area contributed by atoms with Crippen LogP contribution in [-0.2, 0) is 14.3 Å². The topological polar surface area (TPSA) is 66.8 Å². The van der Waals surface area contributed by atoms with Crippen molar-refractivity contribution >= 4 is 11.9 Å². The Kier molecular flexibility index (Phi) is 3.38. The third kappa shape index (κ3) is 2.49. The Morgan fingerprint density at radius 2 is 1.86 bits per heavy atom. The minimum Gasteiger partial charge on any atom is -0.481 e. The minimum atomic E-state index is -4.61. The molecule has 3 heterocycles. The van der Waals surface area contributed by atoms with Gasteiger partial charge in [-0.2, -0.15) is 13.2 Å². The molecule has 3 aliphatic rings. The molecule has 0 spiro atoms. The minimum absolute atomic E-state index is 0.0280. The lowest BCUT2D eigenvalue weighted by atomic mass is 9.88. The van der Waals surface area contributed by atoms with Gasteiger partial charge in [-0.25, -0.2) is 0 Å². The standard InChI is InChI=1S/C13H16F3NO4/c14-13(15,16)9-5-17(4-8(9)12(19)20)11(18)7-3-6-1-2-10(7)21-6/h6-10H,1-5H2,(H,19,20)/t6?,7?,8-,9-,10?/m1/s1. The first-order chi connectivity index (χ1) is 9.77. The van der Waals surface area contributed by atoms with Crippen LogP contribution in [0.2, 0.25) is 0 Å². The number of hydrogen-bond donors (Lipinski definition) is 1. The van der Waals surface area contributed by atoms with Crippen molar-refractivity contribution in [3.63, 3.8) is 0 Å². The summed E-state index contributed by atoms with van der Waals surface area (Å²) in [5.41, 5.74) is 0. The van der Waals surface area contributed by atoms with E-state index in [0.717, 1.165) is 17.7 Å². The number of likely N-dealkylation sites (tertiary alicyclic amines) is 1. The number of amides is 1. The van der Waals surface area contributed by atoms with E-state index < -0.39 is 36.4 Å². The summed E-state index contributed by atoms with van der Waals surface area (Å²) >= 11 is 0. The second-order valence-corrected chi connectivity index (χ2v) is 6.05. The van der Waals surface area contributed by atoms with Crippen LogP contribution in [0.1, 0.15) is 19.3 Å². The monoisotopic (exact) mass is 307 g/mol. The molecule has 2 bridgehead atoms. The second-order valence-electron chi connectivity index (χ2n) is 6.05. The van der Waals surface area contributed by atoms with E-state index in [9.17, 15) is 22.8 Å². The Morgan fingerprint density at radius 1 is 1.14 bits per heavy atom. The maximum Gasteiger partial charge on any atom is 0.394 e. The van der Waals surface area contributed by atoms with E-state index in [1.807, 2.05) is 0 Å². The summed E-state index contributed by atoms with van der Waals surface area (Å²) in [7, 11) is 0. The van der Waals surface area contributed by atoms with Crippen LogP contribution in [0.25, 0.3) is 0 Å². The SMILES string of the molecule is O=C(O)[C@@H]1CN(C(=O)C2CC3CCC2O3)C[C@H]1C(F)(F)F. The summed E-state index contributed by atoms with van der Waals surface area (Å²) in [6.07, 6.45) is -2.62. The summed E-state index contributed by atoms with van der Waals surface area (Å²) in [6, 6.07) is 0. The van der Waals surface area contributed by atoms with Gasteiger partial charge >= 0.3 is 12.1 Å². The zero-order valence-corrected chi connectivity index (χ0v) is 11.2. The number of carbonyl (C=O) groups is 2. The number of ether oxygens (including phenoxy) is 1. The van der Waals surface area contributed by atoms with Crippen molar-refractivity contribution in [2.45, 2.75) is 37.6 Å². The molecular weight excluding hydrogens is 291 g/mol. The maximum atomic E-state index is 12.9. The van der Waals surface area contributed by atoms with Gasteiger partial charge in [0.05, 0.1) is 30.0 Å². The van der Waals surface area contributed by atoms with Gasteiger partial charge in [0.2, 0.25) is 5.91 Å². The molecule has 3 unspecified atom stereocenters. The van der Waals surface area contributed by atoms with Crippen LogP contribution in [0.15, 0.2) is 0 Å². The zero-order chi connectivity index (χ0) is 15.4. The summed E-state index contributed by atoms with van der Waals surface area (Å²) in [6.45, 7) is -0.931. The van der Waals surface area contributed by atoms with Gasteiger partial charge in [0, 0.05) is 13.1 Å². The van der Waals surface area contributed by atoms with E-state index in [0.29, 0.717) is 6.42 Å². The number of fused-ring (bicyclic) bond motifs is 2. The number of carbonyl (C=O) groups excluding carboxylic acids is 1. The fraction of sp³-hybridized carbons (Fsp3) is 0.846. The van der Waals surface area contributed by atoms with Crippen LogP contribution in [0.4, 0.5) is 13.2 Å². The van der Waals surface area contributed by atoms with Gasteiger partial charge in [-0.05, 0) is 19.3 Å². The smallest absolute Gasteiger partial charge is 0.394 e. The van der Waals surface area contributed by atoms with Crippen LogP contribution in [0, 0.1) is 17.8 Å². The quantitative estimate of drug-likeness (QED) is 0.834. The molecule has 3 rings (SSSR count). The number of carboxylic acids is 1. The number of hydrogen-bond acceptors (Lipinski definition) is 3. The predicted octanol–water partition coefficient (Wildman–Crippen LogP) is 1.28. The predicted molar refractivity (Wildman–Crippen MR) is 63.3 cm³/mol. The lowest BCUT2D eigenvalue weighted by molar-refractivity contribution is -0.188. The van der Waals surface area contributed by atoms with E-state index in [4.69, 9.17) is 9.84 Å².